The Labute approximate surface area is 155 Å². The quantitative estimate of drug-likeness (QED) is 0.436. The molecule has 0 amide bonds. The second kappa shape index (κ2) is 11.5. The summed E-state index contributed by atoms with van der Waals surface area (Å²) in [4.78, 5) is 23.8. The fourth-order valence-corrected chi connectivity index (χ4v) is 2.51. The normalized spacial score (nSPS) is 13.0. The lowest BCUT2D eigenvalue weighted by molar-refractivity contribution is -0.161. The number of benzene rings is 1. The Morgan fingerprint density at radius 2 is 1.65 bits per heavy atom. The number of rotatable bonds is 12. The highest BCUT2D eigenvalue weighted by Gasteiger charge is 2.31. The lowest BCUT2D eigenvalue weighted by Gasteiger charge is -2.22. The van der Waals surface area contributed by atoms with E-state index in [1.54, 1.807) is 19.1 Å². The van der Waals surface area contributed by atoms with E-state index < -0.39 is 24.1 Å². The van der Waals surface area contributed by atoms with Gasteiger partial charge in [0.2, 0.25) is 0 Å². The third-order valence-electron chi connectivity index (χ3n) is 4.06. The molecule has 1 aromatic rings. The summed E-state index contributed by atoms with van der Waals surface area (Å²) in [6.45, 7) is 3.62. The molecule has 0 aliphatic carbocycles. The van der Waals surface area contributed by atoms with Crippen LogP contribution in [0.15, 0.2) is 24.3 Å². The van der Waals surface area contributed by atoms with Gasteiger partial charge < -0.3 is 20.3 Å². The van der Waals surface area contributed by atoms with E-state index in [0.717, 1.165) is 24.8 Å². The van der Waals surface area contributed by atoms with Crippen LogP contribution in [0, 0.1) is 0 Å². The highest BCUT2D eigenvalue weighted by Crippen LogP contribution is 2.16. The second-order valence-corrected chi connectivity index (χ2v) is 6.83. The smallest absolute Gasteiger partial charge is 0.344 e. The zero-order chi connectivity index (χ0) is 19.4. The molecule has 0 spiro atoms. The average Bonchev–Trinajstić information content (AvgIpc) is 2.60. The van der Waals surface area contributed by atoms with E-state index in [1.165, 1.54) is 31.4 Å². The third-order valence-corrected chi connectivity index (χ3v) is 4.06. The van der Waals surface area contributed by atoms with Gasteiger partial charge in [-0.05, 0) is 31.0 Å². The van der Waals surface area contributed by atoms with Gasteiger partial charge in [-0.15, -0.1) is 0 Å². The Kier molecular flexibility index (Phi) is 9.73. The van der Waals surface area contributed by atoms with Crippen LogP contribution in [0.4, 0.5) is 0 Å². The van der Waals surface area contributed by atoms with Crippen molar-refractivity contribution in [2.45, 2.75) is 64.3 Å². The Morgan fingerprint density at radius 3 is 2.31 bits per heavy atom. The fraction of sp³-hybridized carbons (Fsp3) is 0.600. The van der Waals surface area contributed by atoms with Crippen molar-refractivity contribution in [3.8, 4) is 5.75 Å². The highest BCUT2D eigenvalue weighted by molar-refractivity contribution is 5.83. The molecule has 0 bridgehead atoms. The van der Waals surface area contributed by atoms with Crippen molar-refractivity contribution in [3.63, 3.8) is 0 Å². The van der Waals surface area contributed by atoms with Crippen molar-refractivity contribution >= 4 is 11.9 Å². The van der Waals surface area contributed by atoms with Crippen LogP contribution in [-0.2, 0) is 25.5 Å². The predicted octanol–water partition coefficient (Wildman–Crippen LogP) is 3.10. The Balaban J connectivity index is 2.24. The first-order valence-corrected chi connectivity index (χ1v) is 9.25. The molecule has 26 heavy (non-hydrogen) atoms. The van der Waals surface area contributed by atoms with Gasteiger partial charge in [0, 0.05) is 6.42 Å². The molecule has 0 aliphatic heterocycles. The van der Waals surface area contributed by atoms with Crippen LogP contribution in [0.3, 0.4) is 0 Å². The first-order valence-electron chi connectivity index (χ1n) is 9.25. The standard InChI is InChI=1S/C20H31NO5/c1-3-4-5-6-7-8-13-25-18(23)15-26-19(24)20(2,21)14-16-9-11-17(22)12-10-16/h9-12,22H,3-8,13-15,21H2,1-2H3. The summed E-state index contributed by atoms with van der Waals surface area (Å²) in [5.41, 5.74) is 5.53. The van der Waals surface area contributed by atoms with Gasteiger partial charge in [0.25, 0.3) is 0 Å². The zero-order valence-electron chi connectivity index (χ0n) is 15.8. The molecule has 1 unspecified atom stereocenters. The molecule has 0 fully saturated rings. The highest BCUT2D eigenvalue weighted by atomic mass is 16.6. The van der Waals surface area contributed by atoms with Crippen LogP contribution in [-0.4, -0.2) is 35.8 Å². The number of phenols is 1. The van der Waals surface area contributed by atoms with Crippen LogP contribution >= 0.6 is 0 Å². The van der Waals surface area contributed by atoms with E-state index in [2.05, 4.69) is 6.92 Å². The summed E-state index contributed by atoms with van der Waals surface area (Å²) in [5.74, 6) is -1.09. The number of carbonyl (C=O) groups is 2. The van der Waals surface area contributed by atoms with Crippen molar-refractivity contribution in [2.75, 3.05) is 13.2 Å². The van der Waals surface area contributed by atoms with Gasteiger partial charge in [0.1, 0.15) is 11.3 Å². The number of carbonyl (C=O) groups excluding carboxylic acids is 2. The third kappa shape index (κ3) is 8.85. The summed E-state index contributed by atoms with van der Waals surface area (Å²) in [6.07, 6.45) is 6.87. The number of phenolic OH excluding ortho intramolecular Hbond substituents is 1. The predicted molar refractivity (Wildman–Crippen MR) is 99.7 cm³/mol. The molecule has 3 N–H and O–H groups in total. The number of hydrogen-bond donors (Lipinski definition) is 2. The summed E-state index contributed by atoms with van der Waals surface area (Å²) in [6, 6.07) is 6.41. The van der Waals surface area contributed by atoms with Crippen LogP contribution < -0.4 is 5.73 Å². The SMILES string of the molecule is CCCCCCCCOC(=O)COC(=O)C(C)(N)Cc1ccc(O)cc1. The van der Waals surface area contributed by atoms with E-state index in [9.17, 15) is 14.7 Å². The van der Waals surface area contributed by atoms with Crippen LogP contribution in [0.1, 0.15) is 57.9 Å². The molecule has 0 aromatic heterocycles. The first-order chi connectivity index (χ1) is 12.3. The molecule has 0 radical (unpaired) electrons. The number of esters is 2. The lowest BCUT2D eigenvalue weighted by Crippen LogP contribution is -2.48. The minimum Gasteiger partial charge on any atom is -0.508 e. The molecular weight excluding hydrogens is 334 g/mol. The van der Waals surface area contributed by atoms with Gasteiger partial charge in [-0.3, -0.25) is 4.79 Å². The van der Waals surface area contributed by atoms with Gasteiger partial charge in [0.15, 0.2) is 6.61 Å². The molecular formula is C20H31NO5. The molecule has 6 nitrogen and oxygen atoms in total. The number of hydrogen-bond acceptors (Lipinski definition) is 6. The molecule has 146 valence electrons. The molecule has 0 heterocycles. The van der Waals surface area contributed by atoms with Crippen LogP contribution in [0.2, 0.25) is 0 Å². The topological polar surface area (TPSA) is 98.9 Å². The van der Waals surface area contributed by atoms with E-state index in [-0.39, 0.29) is 12.2 Å². The van der Waals surface area contributed by atoms with Gasteiger partial charge in [0.05, 0.1) is 6.61 Å². The van der Waals surface area contributed by atoms with Gasteiger partial charge in [-0.25, -0.2) is 4.79 Å². The minimum atomic E-state index is -1.27. The maximum Gasteiger partial charge on any atom is 0.344 e. The zero-order valence-corrected chi connectivity index (χ0v) is 15.8. The summed E-state index contributed by atoms with van der Waals surface area (Å²) < 4.78 is 10.0. The Morgan fingerprint density at radius 1 is 1.04 bits per heavy atom. The van der Waals surface area contributed by atoms with Crippen molar-refractivity contribution in [1.82, 2.24) is 0 Å². The molecule has 1 aromatic carbocycles. The van der Waals surface area contributed by atoms with E-state index in [4.69, 9.17) is 15.2 Å². The monoisotopic (exact) mass is 365 g/mol. The number of unbranched alkanes of at least 4 members (excludes halogenated alkanes) is 5. The van der Waals surface area contributed by atoms with Crippen molar-refractivity contribution in [3.05, 3.63) is 29.8 Å². The second-order valence-electron chi connectivity index (χ2n) is 6.83. The molecule has 1 atom stereocenters. The van der Waals surface area contributed by atoms with Gasteiger partial charge in [-0.1, -0.05) is 51.2 Å². The molecule has 0 saturated carbocycles. The summed E-state index contributed by atoms with van der Waals surface area (Å²) in [5, 5.41) is 9.28. The molecule has 0 saturated heterocycles. The van der Waals surface area contributed by atoms with Crippen molar-refractivity contribution in [2.24, 2.45) is 5.73 Å². The largest absolute Gasteiger partial charge is 0.508 e. The van der Waals surface area contributed by atoms with E-state index >= 15 is 0 Å². The molecule has 0 aliphatic rings. The Hall–Kier alpha value is -2.08. The number of nitrogens with two attached hydrogens (primary N) is 1. The number of ether oxygens (including phenoxy) is 2. The number of aromatic hydroxyl groups is 1. The van der Waals surface area contributed by atoms with Gasteiger partial charge >= 0.3 is 11.9 Å². The van der Waals surface area contributed by atoms with E-state index in [1.807, 2.05) is 0 Å². The van der Waals surface area contributed by atoms with E-state index in [0.29, 0.717) is 6.61 Å². The van der Waals surface area contributed by atoms with Crippen molar-refractivity contribution < 1.29 is 24.2 Å². The average molecular weight is 365 g/mol. The first kappa shape index (κ1) is 22.0. The minimum absolute atomic E-state index is 0.142. The maximum absolute atomic E-state index is 12.1. The van der Waals surface area contributed by atoms with Crippen LogP contribution in [0.25, 0.3) is 0 Å². The lowest BCUT2D eigenvalue weighted by atomic mass is 9.94. The van der Waals surface area contributed by atoms with Gasteiger partial charge in [-0.2, -0.15) is 0 Å². The summed E-state index contributed by atoms with van der Waals surface area (Å²) >= 11 is 0. The molecule has 1 rings (SSSR count). The summed E-state index contributed by atoms with van der Waals surface area (Å²) in [7, 11) is 0. The van der Waals surface area contributed by atoms with Crippen LogP contribution in [0.5, 0.6) is 5.75 Å². The maximum atomic E-state index is 12.1. The molecule has 6 heteroatoms. The van der Waals surface area contributed by atoms with Crippen molar-refractivity contribution in [1.29, 1.82) is 0 Å². The fourth-order valence-electron chi connectivity index (χ4n) is 2.51. The Bertz CT molecular complexity index is 554.